The number of nitrogens with zero attached hydrogens (tertiary/aromatic N) is 3. The molecule has 2 atom stereocenters. The van der Waals surface area contributed by atoms with E-state index in [1.165, 1.54) is 6.42 Å². The van der Waals surface area contributed by atoms with Gasteiger partial charge >= 0.3 is 0 Å². The zero-order valence-electron chi connectivity index (χ0n) is 8.26. The first-order chi connectivity index (χ1) is 6.79. The first-order valence-corrected chi connectivity index (χ1v) is 5.17. The highest BCUT2D eigenvalue weighted by molar-refractivity contribution is 5.19. The average molecular weight is 195 g/mol. The fourth-order valence-corrected chi connectivity index (χ4v) is 2.22. The molecule has 0 aromatic carbocycles. The second kappa shape index (κ2) is 3.96. The molecule has 14 heavy (non-hydrogen) atoms. The van der Waals surface area contributed by atoms with E-state index in [1.54, 1.807) is 11.0 Å². The van der Waals surface area contributed by atoms with Crippen molar-refractivity contribution in [2.75, 3.05) is 12.3 Å². The van der Waals surface area contributed by atoms with Crippen LogP contribution in [-0.2, 0) is 0 Å². The fraction of sp³-hybridized carbons (Fsp3) is 0.778. The maximum atomic E-state index is 5.54. The topological polar surface area (TPSA) is 82.8 Å². The summed E-state index contributed by atoms with van der Waals surface area (Å²) in [5.41, 5.74) is 11.1. The minimum absolute atomic E-state index is 0.434. The molecule has 0 radical (unpaired) electrons. The monoisotopic (exact) mass is 195 g/mol. The van der Waals surface area contributed by atoms with Crippen molar-refractivity contribution in [3.8, 4) is 0 Å². The molecular weight excluding hydrogens is 178 g/mol. The molecule has 1 aromatic rings. The molecule has 4 N–H and O–H groups in total. The van der Waals surface area contributed by atoms with E-state index in [2.05, 4.69) is 10.2 Å². The van der Waals surface area contributed by atoms with E-state index >= 15 is 0 Å². The Kier molecular flexibility index (Phi) is 2.67. The lowest BCUT2D eigenvalue weighted by Gasteiger charge is -2.09. The smallest absolute Gasteiger partial charge is 0.165 e. The van der Waals surface area contributed by atoms with Gasteiger partial charge in [0.2, 0.25) is 0 Å². The number of hydrogen-bond donors (Lipinski definition) is 2. The molecule has 0 aliphatic heterocycles. The van der Waals surface area contributed by atoms with Crippen LogP contribution in [0.15, 0.2) is 6.20 Å². The second-order valence-corrected chi connectivity index (χ2v) is 4.00. The van der Waals surface area contributed by atoms with Crippen LogP contribution in [0.1, 0.15) is 31.7 Å². The van der Waals surface area contributed by atoms with Gasteiger partial charge in [0.1, 0.15) is 0 Å². The van der Waals surface area contributed by atoms with Crippen molar-refractivity contribution in [1.29, 1.82) is 0 Å². The molecule has 0 saturated heterocycles. The van der Waals surface area contributed by atoms with E-state index in [0.29, 0.717) is 11.9 Å². The summed E-state index contributed by atoms with van der Waals surface area (Å²) in [6.45, 7) is 0.784. The second-order valence-electron chi connectivity index (χ2n) is 4.00. The van der Waals surface area contributed by atoms with Gasteiger partial charge in [0.15, 0.2) is 5.82 Å². The van der Waals surface area contributed by atoms with Crippen LogP contribution in [0, 0.1) is 5.92 Å². The molecular formula is C9H17N5. The summed E-state index contributed by atoms with van der Waals surface area (Å²) >= 11 is 0. The van der Waals surface area contributed by atoms with E-state index in [4.69, 9.17) is 11.5 Å². The Hall–Kier alpha value is -1.10. The third-order valence-electron chi connectivity index (χ3n) is 2.94. The molecule has 2 rings (SSSR count). The molecule has 1 fully saturated rings. The number of nitrogens with two attached hydrogens (primary N) is 2. The van der Waals surface area contributed by atoms with Gasteiger partial charge in [0, 0.05) is 0 Å². The van der Waals surface area contributed by atoms with Crippen LogP contribution in [0.25, 0.3) is 0 Å². The summed E-state index contributed by atoms with van der Waals surface area (Å²) in [4.78, 5) is 1.76. The Labute approximate surface area is 83.5 Å². The third-order valence-corrected chi connectivity index (χ3v) is 2.94. The maximum Gasteiger partial charge on any atom is 0.165 e. The first kappa shape index (κ1) is 9.45. The van der Waals surface area contributed by atoms with Crippen molar-refractivity contribution in [2.24, 2.45) is 11.7 Å². The lowest BCUT2D eigenvalue weighted by Crippen LogP contribution is -2.11. The Bertz CT molecular complexity index is 295. The van der Waals surface area contributed by atoms with E-state index in [-0.39, 0.29) is 0 Å². The third kappa shape index (κ3) is 1.87. The highest BCUT2D eigenvalue weighted by Gasteiger charge is 2.26. The van der Waals surface area contributed by atoms with Gasteiger partial charge < -0.3 is 11.5 Å². The van der Waals surface area contributed by atoms with Crippen LogP contribution < -0.4 is 11.5 Å². The number of anilines is 1. The van der Waals surface area contributed by atoms with E-state index in [1.807, 2.05) is 0 Å². The minimum Gasteiger partial charge on any atom is -0.381 e. The molecule has 1 aliphatic carbocycles. The van der Waals surface area contributed by atoms with Gasteiger partial charge in [0.05, 0.1) is 12.2 Å². The van der Waals surface area contributed by atoms with Crippen molar-refractivity contribution < 1.29 is 0 Å². The number of hydrogen-bond acceptors (Lipinski definition) is 4. The van der Waals surface area contributed by atoms with Gasteiger partial charge in [0.25, 0.3) is 0 Å². The minimum atomic E-state index is 0.434. The molecule has 1 aromatic heterocycles. The summed E-state index contributed by atoms with van der Waals surface area (Å²) in [6.07, 6.45) is 6.26. The molecule has 1 aliphatic rings. The molecule has 1 saturated carbocycles. The van der Waals surface area contributed by atoms with Crippen molar-refractivity contribution in [3.63, 3.8) is 0 Å². The molecule has 78 valence electrons. The van der Waals surface area contributed by atoms with Gasteiger partial charge in [-0.25, -0.2) is 0 Å². The van der Waals surface area contributed by atoms with Crippen molar-refractivity contribution >= 4 is 5.82 Å². The van der Waals surface area contributed by atoms with E-state index in [0.717, 1.165) is 31.7 Å². The number of aromatic nitrogens is 3. The zero-order chi connectivity index (χ0) is 9.97. The summed E-state index contributed by atoms with van der Waals surface area (Å²) in [5, 5.41) is 8.28. The summed E-state index contributed by atoms with van der Waals surface area (Å²) in [7, 11) is 0. The van der Waals surface area contributed by atoms with Crippen LogP contribution in [0.5, 0.6) is 0 Å². The largest absolute Gasteiger partial charge is 0.381 e. The predicted molar refractivity (Wildman–Crippen MR) is 54.5 cm³/mol. The summed E-state index contributed by atoms with van der Waals surface area (Å²) in [5.74, 6) is 1.25. The quantitative estimate of drug-likeness (QED) is 0.737. The molecule has 5 heteroatoms. The summed E-state index contributed by atoms with van der Waals surface area (Å²) < 4.78 is 0. The lowest BCUT2D eigenvalue weighted by molar-refractivity contribution is 0.392. The normalized spacial score (nSPS) is 26.9. The van der Waals surface area contributed by atoms with Gasteiger partial charge in [-0.05, 0) is 38.1 Å². The van der Waals surface area contributed by atoms with Gasteiger partial charge in [-0.15, -0.1) is 5.10 Å². The predicted octanol–water partition coefficient (Wildman–Crippen LogP) is 0.550. The Morgan fingerprint density at radius 2 is 2.36 bits per heavy atom. The van der Waals surface area contributed by atoms with Crippen LogP contribution >= 0.6 is 0 Å². The van der Waals surface area contributed by atoms with Gasteiger partial charge in [-0.3, -0.25) is 0 Å². The van der Waals surface area contributed by atoms with Crippen LogP contribution in [-0.4, -0.2) is 21.5 Å². The van der Waals surface area contributed by atoms with Crippen molar-refractivity contribution in [1.82, 2.24) is 15.0 Å². The highest BCUT2D eigenvalue weighted by atomic mass is 15.5. The Morgan fingerprint density at radius 3 is 3.00 bits per heavy atom. The van der Waals surface area contributed by atoms with Crippen LogP contribution in [0.4, 0.5) is 5.82 Å². The Morgan fingerprint density at radius 1 is 1.50 bits per heavy atom. The van der Waals surface area contributed by atoms with Gasteiger partial charge in [-0.2, -0.15) is 9.90 Å². The maximum absolute atomic E-state index is 5.54. The fourth-order valence-electron chi connectivity index (χ4n) is 2.22. The SMILES string of the molecule is NCCC1CCC(n2ncc(N)n2)C1. The Balaban J connectivity index is 1.95. The van der Waals surface area contributed by atoms with Crippen LogP contribution in [0.3, 0.4) is 0 Å². The lowest BCUT2D eigenvalue weighted by atomic mass is 10.0. The number of rotatable bonds is 3. The molecule has 0 amide bonds. The molecule has 0 bridgehead atoms. The molecule has 0 spiro atoms. The summed E-state index contributed by atoms with van der Waals surface area (Å²) in [6, 6.07) is 0.434. The van der Waals surface area contributed by atoms with Crippen molar-refractivity contribution in [3.05, 3.63) is 6.20 Å². The van der Waals surface area contributed by atoms with Gasteiger partial charge in [-0.1, -0.05) is 0 Å². The highest BCUT2D eigenvalue weighted by Crippen LogP contribution is 2.35. The standard InChI is InChI=1S/C9H17N5/c10-4-3-7-1-2-8(5-7)14-12-6-9(11)13-14/h6-8H,1-5,10H2,(H2,11,13). The zero-order valence-corrected chi connectivity index (χ0v) is 8.26. The molecule has 2 unspecified atom stereocenters. The van der Waals surface area contributed by atoms with E-state index < -0.39 is 0 Å². The molecule has 5 nitrogen and oxygen atoms in total. The molecule has 1 heterocycles. The average Bonchev–Trinajstić information content (AvgIpc) is 2.74. The number of nitrogen functional groups attached to an aromatic ring is 1. The first-order valence-electron chi connectivity index (χ1n) is 5.17. The van der Waals surface area contributed by atoms with Crippen molar-refractivity contribution in [2.45, 2.75) is 31.7 Å². The van der Waals surface area contributed by atoms with E-state index in [9.17, 15) is 0 Å². The van der Waals surface area contributed by atoms with Crippen LogP contribution in [0.2, 0.25) is 0 Å².